The topological polar surface area (TPSA) is 27.1 Å². The number of pyridine rings is 1. The van der Waals surface area contributed by atoms with E-state index in [4.69, 9.17) is 4.74 Å². The standard InChI is InChI=1S/C29H22N2O/c1-2-32-29-25-14-7-6-12-22(25)26(19-30-29)20-16-17-24-23-13-8-9-15-27(23)31(28(24)18-20)21-10-4-3-5-11-21/h3-19H,2H2,1H3. The SMILES string of the molecule is CCOc1ncc(-c2ccc3c4ccccc4n(-c4ccccc4)c3c2)c2ccccc12. The molecule has 0 amide bonds. The molecule has 0 saturated carbocycles. The number of hydrogen-bond acceptors (Lipinski definition) is 2. The molecule has 0 bridgehead atoms. The van der Waals surface area contributed by atoms with E-state index in [9.17, 15) is 0 Å². The summed E-state index contributed by atoms with van der Waals surface area (Å²) in [5, 5.41) is 4.69. The molecule has 2 heterocycles. The van der Waals surface area contributed by atoms with Gasteiger partial charge < -0.3 is 9.30 Å². The van der Waals surface area contributed by atoms with Gasteiger partial charge in [-0.15, -0.1) is 0 Å². The smallest absolute Gasteiger partial charge is 0.221 e. The molecule has 6 aromatic rings. The van der Waals surface area contributed by atoms with Crippen LogP contribution in [-0.2, 0) is 0 Å². The summed E-state index contributed by atoms with van der Waals surface area (Å²) >= 11 is 0. The van der Waals surface area contributed by atoms with Gasteiger partial charge in [0.25, 0.3) is 0 Å². The van der Waals surface area contributed by atoms with Crippen LogP contribution in [0.1, 0.15) is 6.92 Å². The van der Waals surface area contributed by atoms with Crippen molar-refractivity contribution < 1.29 is 4.74 Å². The first kappa shape index (κ1) is 18.6. The normalized spacial score (nSPS) is 11.4. The molecule has 0 aliphatic carbocycles. The lowest BCUT2D eigenvalue weighted by atomic mass is 9.99. The van der Waals surface area contributed by atoms with Crippen molar-refractivity contribution in [3.63, 3.8) is 0 Å². The van der Waals surface area contributed by atoms with Gasteiger partial charge in [-0.3, -0.25) is 0 Å². The van der Waals surface area contributed by atoms with Gasteiger partial charge in [0.15, 0.2) is 0 Å². The Balaban J connectivity index is 1.65. The summed E-state index contributed by atoms with van der Waals surface area (Å²) in [6, 6.07) is 34.2. The average Bonchev–Trinajstić information content (AvgIpc) is 3.18. The van der Waals surface area contributed by atoms with Crippen LogP contribution in [-0.4, -0.2) is 16.2 Å². The van der Waals surface area contributed by atoms with Gasteiger partial charge in [0.2, 0.25) is 5.88 Å². The maximum absolute atomic E-state index is 5.78. The third-order valence-corrected chi connectivity index (χ3v) is 6.04. The number of nitrogens with zero attached hydrogens (tertiary/aromatic N) is 2. The highest BCUT2D eigenvalue weighted by Crippen LogP contribution is 2.37. The molecule has 0 unspecified atom stereocenters. The molecule has 6 rings (SSSR count). The van der Waals surface area contributed by atoms with Gasteiger partial charge >= 0.3 is 0 Å². The minimum Gasteiger partial charge on any atom is -0.478 e. The molecule has 0 N–H and O–H groups in total. The second-order valence-electron chi connectivity index (χ2n) is 7.88. The highest BCUT2D eigenvalue weighted by atomic mass is 16.5. The summed E-state index contributed by atoms with van der Waals surface area (Å²) in [5.41, 5.74) is 5.80. The van der Waals surface area contributed by atoms with Crippen molar-refractivity contribution in [3.05, 3.63) is 103 Å². The number of hydrogen-bond donors (Lipinski definition) is 0. The number of para-hydroxylation sites is 2. The van der Waals surface area contributed by atoms with Crippen LogP contribution in [0.5, 0.6) is 5.88 Å². The van der Waals surface area contributed by atoms with E-state index in [1.165, 1.54) is 21.8 Å². The minimum atomic E-state index is 0.597. The molecule has 0 aliphatic rings. The van der Waals surface area contributed by atoms with E-state index in [1.807, 2.05) is 19.2 Å². The van der Waals surface area contributed by atoms with Gasteiger partial charge in [0, 0.05) is 33.6 Å². The molecule has 4 aromatic carbocycles. The average molecular weight is 415 g/mol. The minimum absolute atomic E-state index is 0.597. The fraction of sp³-hybridized carbons (Fsp3) is 0.0690. The van der Waals surface area contributed by atoms with Crippen molar-refractivity contribution in [2.24, 2.45) is 0 Å². The number of rotatable bonds is 4. The van der Waals surface area contributed by atoms with E-state index < -0.39 is 0 Å². The van der Waals surface area contributed by atoms with E-state index in [0.717, 1.165) is 27.6 Å². The number of aromatic nitrogens is 2. The van der Waals surface area contributed by atoms with Crippen LogP contribution >= 0.6 is 0 Å². The Morgan fingerprint density at radius 3 is 2.19 bits per heavy atom. The zero-order chi connectivity index (χ0) is 21.5. The lowest BCUT2D eigenvalue weighted by molar-refractivity contribution is 0.331. The summed E-state index contributed by atoms with van der Waals surface area (Å²) in [5.74, 6) is 0.686. The van der Waals surface area contributed by atoms with E-state index in [1.54, 1.807) is 0 Å². The van der Waals surface area contributed by atoms with E-state index >= 15 is 0 Å². The largest absolute Gasteiger partial charge is 0.478 e. The molecule has 0 atom stereocenters. The third kappa shape index (κ3) is 2.86. The van der Waals surface area contributed by atoms with E-state index in [2.05, 4.69) is 101 Å². The summed E-state index contributed by atoms with van der Waals surface area (Å²) in [6.45, 7) is 2.58. The van der Waals surface area contributed by atoms with Crippen LogP contribution < -0.4 is 4.74 Å². The van der Waals surface area contributed by atoms with Gasteiger partial charge in [-0.25, -0.2) is 4.98 Å². The molecule has 0 radical (unpaired) electrons. The first-order valence-electron chi connectivity index (χ1n) is 10.9. The van der Waals surface area contributed by atoms with Crippen LogP contribution in [0.25, 0.3) is 49.4 Å². The number of fused-ring (bicyclic) bond motifs is 4. The Labute approximate surface area is 186 Å². The predicted molar refractivity (Wildman–Crippen MR) is 133 cm³/mol. The highest BCUT2D eigenvalue weighted by Gasteiger charge is 2.15. The quantitative estimate of drug-likeness (QED) is 0.300. The first-order valence-corrected chi connectivity index (χ1v) is 10.9. The molecule has 2 aromatic heterocycles. The van der Waals surface area contributed by atoms with Crippen LogP contribution in [0.4, 0.5) is 0 Å². The Morgan fingerprint density at radius 2 is 1.38 bits per heavy atom. The summed E-state index contributed by atoms with van der Waals surface area (Å²) in [6.07, 6.45) is 1.93. The maximum atomic E-state index is 5.78. The Hall–Kier alpha value is -4.11. The van der Waals surface area contributed by atoms with Crippen LogP contribution in [0.3, 0.4) is 0 Å². The Morgan fingerprint density at radius 1 is 0.688 bits per heavy atom. The van der Waals surface area contributed by atoms with Gasteiger partial charge in [0.1, 0.15) is 0 Å². The lowest BCUT2D eigenvalue weighted by Gasteiger charge is -2.12. The third-order valence-electron chi connectivity index (χ3n) is 6.04. The van der Waals surface area contributed by atoms with Crippen LogP contribution in [0, 0.1) is 0 Å². The highest BCUT2D eigenvalue weighted by molar-refractivity contribution is 6.11. The monoisotopic (exact) mass is 414 g/mol. The number of ether oxygens (including phenoxy) is 1. The van der Waals surface area contributed by atoms with Gasteiger partial charge in [-0.2, -0.15) is 0 Å². The number of benzene rings is 4. The lowest BCUT2D eigenvalue weighted by Crippen LogP contribution is -1.96. The fourth-order valence-electron chi connectivity index (χ4n) is 4.64. The molecule has 3 nitrogen and oxygen atoms in total. The van der Waals surface area contributed by atoms with Crippen molar-refractivity contribution in [2.75, 3.05) is 6.61 Å². The summed E-state index contributed by atoms with van der Waals surface area (Å²) < 4.78 is 8.13. The second-order valence-corrected chi connectivity index (χ2v) is 7.88. The first-order chi connectivity index (χ1) is 15.8. The zero-order valence-electron chi connectivity index (χ0n) is 17.8. The summed E-state index contributed by atoms with van der Waals surface area (Å²) in [4.78, 5) is 4.65. The van der Waals surface area contributed by atoms with Gasteiger partial charge in [0.05, 0.1) is 17.6 Å². The molecule has 0 fully saturated rings. The predicted octanol–water partition coefficient (Wildman–Crippen LogP) is 7.40. The molecular weight excluding hydrogens is 392 g/mol. The fourth-order valence-corrected chi connectivity index (χ4v) is 4.64. The van der Waals surface area contributed by atoms with Crippen LogP contribution in [0.15, 0.2) is 103 Å². The van der Waals surface area contributed by atoms with Crippen molar-refractivity contribution in [3.8, 4) is 22.7 Å². The van der Waals surface area contributed by atoms with E-state index in [-0.39, 0.29) is 0 Å². The van der Waals surface area contributed by atoms with Crippen molar-refractivity contribution in [1.82, 2.24) is 9.55 Å². The Bertz CT molecular complexity index is 1580. The van der Waals surface area contributed by atoms with Gasteiger partial charge in [-0.05, 0) is 48.2 Å². The van der Waals surface area contributed by atoms with Crippen molar-refractivity contribution >= 4 is 32.6 Å². The van der Waals surface area contributed by atoms with Crippen LogP contribution in [0.2, 0.25) is 0 Å². The molecule has 154 valence electrons. The molecule has 32 heavy (non-hydrogen) atoms. The molecule has 0 spiro atoms. The zero-order valence-corrected chi connectivity index (χ0v) is 17.8. The molecule has 0 aliphatic heterocycles. The van der Waals surface area contributed by atoms with Crippen molar-refractivity contribution in [1.29, 1.82) is 0 Å². The molecule has 0 saturated heterocycles. The maximum Gasteiger partial charge on any atom is 0.221 e. The molecule has 3 heteroatoms. The van der Waals surface area contributed by atoms with Gasteiger partial charge in [-0.1, -0.05) is 66.7 Å². The summed E-state index contributed by atoms with van der Waals surface area (Å²) in [7, 11) is 0. The van der Waals surface area contributed by atoms with Crippen molar-refractivity contribution in [2.45, 2.75) is 6.92 Å². The Kier molecular flexibility index (Phi) is 4.39. The molecular formula is C29H22N2O. The van der Waals surface area contributed by atoms with E-state index in [0.29, 0.717) is 12.5 Å². The second kappa shape index (κ2) is 7.54.